The number of aliphatic hydroxyl groups is 1. The number of rotatable bonds is 4. The highest BCUT2D eigenvalue weighted by atomic mass is 16.5. The largest absolute Gasteiger partial charge is 0.436 e. The molecule has 5 heteroatoms. The molecule has 3 unspecified atom stereocenters. The van der Waals surface area contributed by atoms with Crippen molar-refractivity contribution in [3.63, 3.8) is 0 Å². The third kappa shape index (κ3) is 2.94. The Bertz CT molecular complexity index is 795. The van der Waals surface area contributed by atoms with Gasteiger partial charge in [-0.25, -0.2) is 4.98 Å². The molecule has 0 spiro atoms. The van der Waals surface area contributed by atoms with Crippen LogP contribution in [0.25, 0.3) is 22.6 Å². The third-order valence-corrected chi connectivity index (χ3v) is 4.56. The van der Waals surface area contributed by atoms with Crippen molar-refractivity contribution in [2.75, 3.05) is 0 Å². The summed E-state index contributed by atoms with van der Waals surface area (Å²) in [6, 6.07) is 15.5. The minimum absolute atomic E-state index is 0.170. The predicted molar refractivity (Wildman–Crippen MR) is 91.2 cm³/mol. The quantitative estimate of drug-likeness (QED) is 0.771. The number of nitrogens with two attached hydrogens (primary N) is 1. The Morgan fingerprint density at radius 2 is 1.92 bits per heavy atom. The molecule has 2 aromatic carbocycles. The number of aromatic nitrogens is 1. The summed E-state index contributed by atoms with van der Waals surface area (Å²) >= 11 is 0. The summed E-state index contributed by atoms with van der Waals surface area (Å²) < 4.78 is 11.6. The lowest BCUT2D eigenvalue weighted by molar-refractivity contribution is -0.0313. The first-order valence-electron chi connectivity index (χ1n) is 8.21. The van der Waals surface area contributed by atoms with Crippen LogP contribution in [0.2, 0.25) is 0 Å². The Kier molecular flexibility index (Phi) is 4.06. The molecule has 1 saturated carbocycles. The lowest BCUT2D eigenvalue weighted by Gasteiger charge is -2.17. The van der Waals surface area contributed by atoms with Gasteiger partial charge in [-0.15, -0.1) is 0 Å². The molecule has 0 radical (unpaired) electrons. The van der Waals surface area contributed by atoms with E-state index in [1.54, 1.807) is 0 Å². The maximum absolute atomic E-state index is 9.93. The van der Waals surface area contributed by atoms with Crippen molar-refractivity contribution in [1.29, 1.82) is 0 Å². The van der Waals surface area contributed by atoms with E-state index in [-0.39, 0.29) is 12.1 Å². The molecule has 3 N–H and O–H groups in total. The fourth-order valence-electron chi connectivity index (χ4n) is 3.10. The molecular formula is C19H20N2O3. The third-order valence-electron chi connectivity index (χ3n) is 4.56. The molecule has 0 bridgehead atoms. The number of hydrogen-bond donors (Lipinski definition) is 2. The monoisotopic (exact) mass is 324 g/mol. The molecule has 0 amide bonds. The van der Waals surface area contributed by atoms with Gasteiger partial charge in [0, 0.05) is 11.6 Å². The molecule has 1 fully saturated rings. The summed E-state index contributed by atoms with van der Waals surface area (Å²) in [5.74, 6) is 0.612. The second kappa shape index (κ2) is 6.36. The van der Waals surface area contributed by atoms with Gasteiger partial charge >= 0.3 is 0 Å². The lowest BCUT2D eigenvalue weighted by Crippen LogP contribution is -2.36. The smallest absolute Gasteiger partial charge is 0.227 e. The second-order valence-electron chi connectivity index (χ2n) is 6.26. The minimum atomic E-state index is -0.566. The number of nitrogens with zero attached hydrogens (tertiary/aromatic N) is 1. The second-order valence-corrected chi connectivity index (χ2v) is 6.26. The number of para-hydroxylation sites is 2. The molecule has 124 valence electrons. The van der Waals surface area contributed by atoms with Gasteiger partial charge in [-0.1, -0.05) is 24.3 Å². The maximum Gasteiger partial charge on any atom is 0.227 e. The van der Waals surface area contributed by atoms with Crippen LogP contribution < -0.4 is 5.73 Å². The van der Waals surface area contributed by atoms with Crippen LogP contribution in [0.15, 0.2) is 52.9 Å². The van der Waals surface area contributed by atoms with Gasteiger partial charge in [0.1, 0.15) is 5.52 Å². The van der Waals surface area contributed by atoms with E-state index in [2.05, 4.69) is 4.98 Å². The molecule has 1 aliphatic carbocycles. The molecule has 3 atom stereocenters. The molecule has 24 heavy (non-hydrogen) atoms. The van der Waals surface area contributed by atoms with Gasteiger partial charge in [0.25, 0.3) is 0 Å². The molecule has 5 nitrogen and oxygen atoms in total. The van der Waals surface area contributed by atoms with E-state index in [4.69, 9.17) is 14.9 Å². The van der Waals surface area contributed by atoms with Crippen LogP contribution in [-0.4, -0.2) is 28.3 Å². The van der Waals surface area contributed by atoms with Gasteiger partial charge in [0.05, 0.1) is 18.8 Å². The van der Waals surface area contributed by atoms with E-state index in [0.717, 1.165) is 35.1 Å². The number of fused-ring (bicyclic) bond motifs is 1. The number of hydrogen-bond acceptors (Lipinski definition) is 5. The number of aliphatic hydroxyl groups excluding tert-OH is 1. The molecule has 0 aliphatic heterocycles. The lowest BCUT2D eigenvalue weighted by atomic mass is 10.1. The zero-order valence-electron chi connectivity index (χ0n) is 13.3. The Labute approximate surface area is 140 Å². The molecule has 0 saturated heterocycles. The van der Waals surface area contributed by atoms with Gasteiger partial charge in [-0.2, -0.15) is 0 Å². The Balaban J connectivity index is 1.44. The summed E-state index contributed by atoms with van der Waals surface area (Å²) in [6.07, 6.45) is 0.881. The normalized spacial score (nSPS) is 23.8. The minimum Gasteiger partial charge on any atom is -0.436 e. The van der Waals surface area contributed by atoms with Crippen molar-refractivity contribution in [1.82, 2.24) is 4.98 Å². The molecule has 1 aromatic heterocycles. The Morgan fingerprint density at radius 1 is 1.12 bits per heavy atom. The Morgan fingerprint density at radius 3 is 2.62 bits per heavy atom. The van der Waals surface area contributed by atoms with Crippen LogP contribution in [0.4, 0.5) is 0 Å². The van der Waals surface area contributed by atoms with Crippen molar-refractivity contribution in [3.05, 3.63) is 54.1 Å². The van der Waals surface area contributed by atoms with E-state index in [1.165, 1.54) is 0 Å². The van der Waals surface area contributed by atoms with Gasteiger partial charge in [-0.3, -0.25) is 0 Å². The van der Waals surface area contributed by atoms with Crippen molar-refractivity contribution < 1.29 is 14.3 Å². The first kappa shape index (κ1) is 15.3. The zero-order chi connectivity index (χ0) is 16.5. The standard InChI is InChI=1S/C19H20N2O3/c20-14-9-10-17(18(14)22)23-11-12-5-7-13(8-6-12)19-21-15-3-1-2-4-16(15)24-19/h1-8,14,17-18,22H,9-11,20H2. The molecule has 1 heterocycles. The van der Waals surface area contributed by atoms with Crippen molar-refractivity contribution in [2.45, 2.75) is 37.7 Å². The molecule has 4 rings (SSSR count). The maximum atomic E-state index is 9.93. The highest BCUT2D eigenvalue weighted by molar-refractivity contribution is 5.75. The number of oxazole rings is 1. The first-order valence-corrected chi connectivity index (χ1v) is 8.21. The first-order chi connectivity index (χ1) is 11.7. The Hall–Kier alpha value is -2.21. The van der Waals surface area contributed by atoms with Crippen LogP contribution in [0.5, 0.6) is 0 Å². The zero-order valence-corrected chi connectivity index (χ0v) is 13.3. The van der Waals surface area contributed by atoms with Gasteiger partial charge in [-0.05, 0) is 42.7 Å². The highest BCUT2D eigenvalue weighted by Gasteiger charge is 2.32. The fourth-order valence-corrected chi connectivity index (χ4v) is 3.10. The number of ether oxygens (including phenoxy) is 1. The van der Waals surface area contributed by atoms with Crippen molar-refractivity contribution in [2.24, 2.45) is 5.73 Å². The topological polar surface area (TPSA) is 81.5 Å². The van der Waals surface area contributed by atoms with E-state index in [9.17, 15) is 5.11 Å². The molecular weight excluding hydrogens is 304 g/mol. The summed E-state index contributed by atoms with van der Waals surface area (Å²) in [6.45, 7) is 0.461. The average molecular weight is 324 g/mol. The van der Waals surface area contributed by atoms with Crippen LogP contribution in [-0.2, 0) is 11.3 Å². The number of benzene rings is 2. The van der Waals surface area contributed by atoms with Gasteiger partial charge in [0.2, 0.25) is 5.89 Å². The van der Waals surface area contributed by atoms with Crippen LogP contribution in [0.1, 0.15) is 18.4 Å². The van der Waals surface area contributed by atoms with E-state index >= 15 is 0 Å². The fraction of sp³-hybridized carbons (Fsp3) is 0.316. The highest BCUT2D eigenvalue weighted by Crippen LogP contribution is 2.25. The predicted octanol–water partition coefficient (Wildman–Crippen LogP) is 2.86. The molecule has 1 aliphatic rings. The van der Waals surface area contributed by atoms with E-state index in [0.29, 0.717) is 12.5 Å². The summed E-state index contributed by atoms with van der Waals surface area (Å²) in [7, 11) is 0. The van der Waals surface area contributed by atoms with Gasteiger partial charge < -0.3 is 20.0 Å². The molecule has 3 aromatic rings. The van der Waals surface area contributed by atoms with Crippen molar-refractivity contribution in [3.8, 4) is 11.5 Å². The SMILES string of the molecule is NC1CCC(OCc2ccc(-c3nc4ccccc4o3)cc2)C1O. The van der Waals surface area contributed by atoms with Crippen LogP contribution >= 0.6 is 0 Å². The summed E-state index contributed by atoms with van der Waals surface area (Å²) in [5.41, 5.74) is 9.42. The van der Waals surface area contributed by atoms with Crippen LogP contribution in [0, 0.1) is 0 Å². The van der Waals surface area contributed by atoms with E-state index < -0.39 is 6.10 Å². The van der Waals surface area contributed by atoms with Crippen molar-refractivity contribution >= 4 is 11.1 Å². The summed E-state index contributed by atoms with van der Waals surface area (Å²) in [5, 5.41) is 9.93. The van der Waals surface area contributed by atoms with E-state index in [1.807, 2.05) is 48.5 Å². The van der Waals surface area contributed by atoms with Crippen LogP contribution in [0.3, 0.4) is 0 Å². The summed E-state index contributed by atoms with van der Waals surface area (Å²) in [4.78, 5) is 4.50. The average Bonchev–Trinajstić information content (AvgIpc) is 3.18. The van der Waals surface area contributed by atoms with Gasteiger partial charge in [0.15, 0.2) is 5.58 Å².